The molecule has 1 saturated heterocycles. The number of nitrogens with zero attached hydrogens (tertiary/aromatic N) is 3. The van der Waals surface area contributed by atoms with Crippen LogP contribution < -0.4 is 10.1 Å². The quantitative estimate of drug-likeness (QED) is 0.501. The van der Waals surface area contributed by atoms with Crippen LogP contribution in [0.4, 0.5) is 23.2 Å². The lowest BCUT2D eigenvalue weighted by molar-refractivity contribution is -0.137. The van der Waals surface area contributed by atoms with E-state index in [1.54, 1.807) is 42.2 Å². The van der Waals surface area contributed by atoms with Crippen molar-refractivity contribution in [1.82, 2.24) is 14.7 Å². The molecule has 3 aromatic rings. The smallest absolute Gasteiger partial charge is 0.416 e. The number of carbonyl (C=O) groups is 1. The topological polar surface area (TPSA) is 68.6 Å². The number of hydrogen-bond acceptors (Lipinski definition) is 5. The van der Waals surface area contributed by atoms with Crippen LogP contribution in [-0.4, -0.2) is 60.0 Å². The minimum Gasteiger partial charge on any atom is -0.492 e. The van der Waals surface area contributed by atoms with Crippen LogP contribution >= 0.6 is 0 Å². The van der Waals surface area contributed by atoms with E-state index in [-0.39, 0.29) is 0 Å². The highest BCUT2D eigenvalue weighted by Crippen LogP contribution is 2.33. The summed E-state index contributed by atoms with van der Waals surface area (Å²) in [7, 11) is 1.76. The number of alkyl halides is 3. The van der Waals surface area contributed by atoms with Crippen molar-refractivity contribution in [3.63, 3.8) is 0 Å². The number of ether oxygens (including phenoxy) is 2. The summed E-state index contributed by atoms with van der Waals surface area (Å²) in [6.07, 6.45) is -3.08. The van der Waals surface area contributed by atoms with E-state index in [4.69, 9.17) is 9.47 Å². The summed E-state index contributed by atoms with van der Waals surface area (Å²) >= 11 is 0. The molecule has 1 aromatic heterocycles. The molecule has 11 heteroatoms. The Kier molecular flexibility index (Phi) is 7.37. The molecular formula is C24H24F4N4O3. The molecule has 1 aliphatic rings. The molecule has 1 amide bonds. The standard InChI is InChI=1S/C24H24F4N4O3/c1-31-21(6-7-29-31)19-15-17(3-5-22(19)35-13-10-32-8-11-34-12-9-32)30-23(33)18-4-2-16(14-20(18)25)24(26,27)28/h2-7,14-15H,8-13H2,1H3,(H,30,33). The molecule has 35 heavy (non-hydrogen) atoms. The molecule has 0 atom stereocenters. The van der Waals surface area contributed by atoms with Gasteiger partial charge in [-0.05, 0) is 42.5 Å². The van der Waals surface area contributed by atoms with Gasteiger partial charge in [0.25, 0.3) is 5.91 Å². The SMILES string of the molecule is Cn1nccc1-c1cc(NC(=O)c2ccc(C(F)(F)F)cc2F)ccc1OCCN1CCOCC1. The molecule has 1 fully saturated rings. The predicted octanol–water partition coefficient (Wildman–Crippen LogP) is 4.21. The van der Waals surface area contributed by atoms with Gasteiger partial charge in [-0.2, -0.15) is 18.3 Å². The van der Waals surface area contributed by atoms with Gasteiger partial charge in [-0.15, -0.1) is 0 Å². The fraction of sp³-hybridized carbons (Fsp3) is 0.333. The second kappa shape index (κ2) is 10.4. The Labute approximate surface area is 199 Å². The van der Waals surface area contributed by atoms with Crippen LogP contribution in [0, 0.1) is 5.82 Å². The zero-order chi connectivity index (χ0) is 25.0. The number of anilines is 1. The van der Waals surface area contributed by atoms with Gasteiger partial charge < -0.3 is 14.8 Å². The van der Waals surface area contributed by atoms with Crippen LogP contribution in [0.2, 0.25) is 0 Å². The number of rotatable bonds is 7. The van der Waals surface area contributed by atoms with Crippen molar-refractivity contribution in [1.29, 1.82) is 0 Å². The average molecular weight is 492 g/mol. The third-order valence-corrected chi connectivity index (χ3v) is 5.64. The van der Waals surface area contributed by atoms with Crippen molar-refractivity contribution in [2.75, 3.05) is 44.8 Å². The Morgan fingerprint density at radius 2 is 1.91 bits per heavy atom. The molecule has 186 valence electrons. The lowest BCUT2D eigenvalue weighted by Crippen LogP contribution is -2.38. The Balaban J connectivity index is 1.52. The van der Waals surface area contributed by atoms with Crippen LogP contribution in [0.1, 0.15) is 15.9 Å². The van der Waals surface area contributed by atoms with Gasteiger partial charge in [0.05, 0.1) is 30.0 Å². The van der Waals surface area contributed by atoms with Gasteiger partial charge in [0.2, 0.25) is 0 Å². The molecule has 2 aromatic carbocycles. The molecule has 1 aliphatic heterocycles. The Bertz CT molecular complexity index is 1190. The molecule has 0 spiro atoms. The van der Waals surface area contributed by atoms with Gasteiger partial charge >= 0.3 is 6.18 Å². The largest absolute Gasteiger partial charge is 0.492 e. The summed E-state index contributed by atoms with van der Waals surface area (Å²) < 4.78 is 65.7. The van der Waals surface area contributed by atoms with Gasteiger partial charge in [0.15, 0.2) is 0 Å². The number of aryl methyl sites for hydroxylation is 1. The van der Waals surface area contributed by atoms with Crippen molar-refractivity contribution in [2.24, 2.45) is 7.05 Å². The van der Waals surface area contributed by atoms with Crippen molar-refractivity contribution >= 4 is 11.6 Å². The van der Waals surface area contributed by atoms with Crippen molar-refractivity contribution in [3.05, 3.63) is 65.6 Å². The van der Waals surface area contributed by atoms with E-state index in [1.807, 2.05) is 0 Å². The van der Waals surface area contributed by atoms with E-state index in [9.17, 15) is 22.4 Å². The molecule has 4 rings (SSSR count). The average Bonchev–Trinajstić information content (AvgIpc) is 3.25. The van der Waals surface area contributed by atoms with Gasteiger partial charge in [0, 0.05) is 44.1 Å². The maximum Gasteiger partial charge on any atom is 0.416 e. The number of hydrogen-bond donors (Lipinski definition) is 1. The van der Waals surface area contributed by atoms with Crippen molar-refractivity contribution < 1.29 is 31.8 Å². The second-order valence-corrected chi connectivity index (χ2v) is 8.00. The Hall–Kier alpha value is -3.44. The molecule has 0 radical (unpaired) electrons. The first-order valence-electron chi connectivity index (χ1n) is 11.0. The predicted molar refractivity (Wildman–Crippen MR) is 121 cm³/mol. The van der Waals surface area contributed by atoms with Crippen molar-refractivity contribution in [3.8, 4) is 17.0 Å². The number of morpholine rings is 1. The molecule has 0 bridgehead atoms. The molecule has 0 unspecified atom stereocenters. The van der Waals surface area contributed by atoms with E-state index < -0.39 is 29.0 Å². The Morgan fingerprint density at radius 3 is 2.57 bits per heavy atom. The van der Waals surface area contributed by atoms with Gasteiger partial charge in [-0.25, -0.2) is 4.39 Å². The van der Waals surface area contributed by atoms with Crippen LogP contribution in [0.15, 0.2) is 48.7 Å². The first-order chi connectivity index (χ1) is 16.7. The lowest BCUT2D eigenvalue weighted by Gasteiger charge is -2.26. The molecule has 0 saturated carbocycles. The number of nitrogens with one attached hydrogen (secondary N) is 1. The fourth-order valence-corrected chi connectivity index (χ4v) is 3.76. The summed E-state index contributed by atoms with van der Waals surface area (Å²) in [6.45, 7) is 4.21. The maximum atomic E-state index is 14.2. The Morgan fingerprint density at radius 1 is 1.14 bits per heavy atom. The van der Waals surface area contributed by atoms with Gasteiger partial charge in [-0.1, -0.05) is 0 Å². The number of aromatic nitrogens is 2. The maximum absolute atomic E-state index is 14.2. The summed E-state index contributed by atoms with van der Waals surface area (Å²) in [4.78, 5) is 14.8. The van der Waals surface area contributed by atoms with Crippen molar-refractivity contribution in [2.45, 2.75) is 6.18 Å². The second-order valence-electron chi connectivity index (χ2n) is 8.00. The highest BCUT2D eigenvalue weighted by atomic mass is 19.4. The van der Waals surface area contributed by atoms with Crippen LogP contribution in [0.5, 0.6) is 5.75 Å². The monoisotopic (exact) mass is 492 g/mol. The highest BCUT2D eigenvalue weighted by molar-refractivity contribution is 6.04. The van der Waals surface area contributed by atoms with Gasteiger partial charge in [-0.3, -0.25) is 14.4 Å². The fourth-order valence-electron chi connectivity index (χ4n) is 3.76. The lowest BCUT2D eigenvalue weighted by atomic mass is 10.1. The number of carbonyl (C=O) groups excluding carboxylic acids is 1. The van der Waals surface area contributed by atoms with E-state index in [0.29, 0.717) is 49.0 Å². The minimum atomic E-state index is -4.70. The molecule has 2 heterocycles. The zero-order valence-electron chi connectivity index (χ0n) is 18.9. The first kappa shape index (κ1) is 24.7. The van der Waals surface area contributed by atoms with E-state index in [1.165, 1.54) is 0 Å². The van der Waals surface area contributed by atoms with E-state index in [0.717, 1.165) is 31.4 Å². The number of benzene rings is 2. The van der Waals surface area contributed by atoms with E-state index >= 15 is 0 Å². The normalized spacial score (nSPS) is 14.7. The molecule has 1 N–H and O–H groups in total. The molecular weight excluding hydrogens is 468 g/mol. The first-order valence-corrected chi connectivity index (χ1v) is 11.0. The highest BCUT2D eigenvalue weighted by Gasteiger charge is 2.31. The van der Waals surface area contributed by atoms with Crippen LogP contribution in [0.3, 0.4) is 0 Å². The third-order valence-electron chi connectivity index (χ3n) is 5.64. The third kappa shape index (κ3) is 5.98. The number of halogens is 4. The van der Waals surface area contributed by atoms with E-state index in [2.05, 4.69) is 15.3 Å². The summed E-state index contributed by atoms with van der Waals surface area (Å²) in [6, 6.07) is 8.50. The zero-order valence-corrected chi connectivity index (χ0v) is 18.9. The molecule has 7 nitrogen and oxygen atoms in total. The minimum absolute atomic E-state index is 0.307. The number of amides is 1. The molecule has 0 aliphatic carbocycles. The van der Waals surface area contributed by atoms with Crippen LogP contribution in [-0.2, 0) is 18.0 Å². The van der Waals surface area contributed by atoms with Gasteiger partial charge in [0.1, 0.15) is 18.2 Å². The summed E-state index contributed by atoms with van der Waals surface area (Å²) in [5.74, 6) is -1.55. The summed E-state index contributed by atoms with van der Waals surface area (Å²) in [5.41, 5.74) is 0.0430. The summed E-state index contributed by atoms with van der Waals surface area (Å²) in [5, 5.41) is 6.72. The van der Waals surface area contributed by atoms with Crippen LogP contribution in [0.25, 0.3) is 11.3 Å².